The Morgan fingerprint density at radius 1 is 1.00 bits per heavy atom. The van der Waals surface area contributed by atoms with E-state index in [0.29, 0.717) is 61.4 Å². The van der Waals surface area contributed by atoms with Gasteiger partial charge in [0.15, 0.2) is 23.0 Å². The fourth-order valence-corrected chi connectivity index (χ4v) is 2.77. The highest BCUT2D eigenvalue weighted by Crippen LogP contribution is 2.32. The number of ether oxygens (including phenoxy) is 4. The zero-order chi connectivity index (χ0) is 19.1. The molecule has 27 heavy (non-hydrogen) atoms. The van der Waals surface area contributed by atoms with Crippen LogP contribution in [0.5, 0.6) is 23.0 Å². The summed E-state index contributed by atoms with van der Waals surface area (Å²) in [6.45, 7) is 2.26. The molecule has 7 nitrogen and oxygen atoms in total. The first-order chi connectivity index (χ1) is 13.2. The Morgan fingerprint density at radius 2 is 1.78 bits per heavy atom. The first kappa shape index (κ1) is 18.8. The fourth-order valence-electron chi connectivity index (χ4n) is 2.77. The van der Waals surface area contributed by atoms with Crippen LogP contribution in [-0.4, -0.2) is 39.9 Å². The number of carbonyl (C=O) groups excluding carboxylic acids is 1. The van der Waals surface area contributed by atoms with Gasteiger partial charge in [-0.1, -0.05) is 6.07 Å². The third kappa shape index (κ3) is 5.04. The largest absolute Gasteiger partial charge is 0.493 e. The normalized spacial score (nSPS) is 12.4. The maximum Gasteiger partial charge on any atom is 0.225 e. The molecule has 1 aliphatic heterocycles. The lowest BCUT2D eigenvalue weighted by Gasteiger charge is -2.19. The van der Waals surface area contributed by atoms with Crippen molar-refractivity contribution in [1.29, 1.82) is 0 Å². The van der Waals surface area contributed by atoms with E-state index in [1.807, 2.05) is 24.3 Å². The predicted molar refractivity (Wildman–Crippen MR) is 102 cm³/mol. The molecule has 144 valence electrons. The van der Waals surface area contributed by atoms with E-state index in [4.69, 9.17) is 18.9 Å². The van der Waals surface area contributed by atoms with Crippen LogP contribution < -0.4 is 29.6 Å². The summed E-state index contributed by atoms with van der Waals surface area (Å²) in [5, 5.41) is 6.13. The Balaban J connectivity index is 1.43. The van der Waals surface area contributed by atoms with E-state index in [1.165, 1.54) is 0 Å². The third-order valence-electron chi connectivity index (χ3n) is 4.13. The Morgan fingerprint density at radius 3 is 2.56 bits per heavy atom. The summed E-state index contributed by atoms with van der Waals surface area (Å²) >= 11 is 0. The summed E-state index contributed by atoms with van der Waals surface area (Å²) in [5.74, 6) is 2.68. The Hall–Kier alpha value is -2.93. The van der Waals surface area contributed by atoms with Gasteiger partial charge in [0.1, 0.15) is 13.2 Å². The van der Waals surface area contributed by atoms with E-state index in [1.54, 1.807) is 26.4 Å². The van der Waals surface area contributed by atoms with E-state index < -0.39 is 0 Å². The van der Waals surface area contributed by atoms with E-state index >= 15 is 0 Å². The summed E-state index contributed by atoms with van der Waals surface area (Å²) in [7, 11) is 3.22. The molecular weight excluding hydrogens is 348 g/mol. The smallest absolute Gasteiger partial charge is 0.225 e. The lowest BCUT2D eigenvalue weighted by atomic mass is 10.2. The van der Waals surface area contributed by atoms with Gasteiger partial charge in [0.05, 0.1) is 14.2 Å². The molecule has 0 unspecified atom stereocenters. The first-order valence-electron chi connectivity index (χ1n) is 8.80. The molecule has 1 heterocycles. The van der Waals surface area contributed by atoms with E-state index in [2.05, 4.69) is 10.6 Å². The molecule has 1 amide bonds. The van der Waals surface area contributed by atoms with Gasteiger partial charge in [-0.3, -0.25) is 4.79 Å². The van der Waals surface area contributed by atoms with E-state index in [9.17, 15) is 4.79 Å². The van der Waals surface area contributed by atoms with Gasteiger partial charge in [0, 0.05) is 31.3 Å². The predicted octanol–water partition coefficient (Wildman–Crippen LogP) is 2.59. The number of hydrogen-bond acceptors (Lipinski definition) is 6. The van der Waals surface area contributed by atoms with Crippen LogP contribution in [0.4, 0.5) is 5.69 Å². The van der Waals surface area contributed by atoms with Gasteiger partial charge >= 0.3 is 0 Å². The molecule has 0 atom stereocenters. The van der Waals surface area contributed by atoms with Crippen LogP contribution in [0.25, 0.3) is 0 Å². The van der Waals surface area contributed by atoms with E-state index in [-0.39, 0.29) is 5.91 Å². The maximum absolute atomic E-state index is 12.1. The lowest BCUT2D eigenvalue weighted by molar-refractivity contribution is -0.116. The summed E-state index contributed by atoms with van der Waals surface area (Å²) in [4.78, 5) is 12.1. The number of fused-ring (bicyclic) bond motifs is 1. The molecule has 0 radical (unpaired) electrons. The van der Waals surface area contributed by atoms with Crippen molar-refractivity contribution in [2.24, 2.45) is 0 Å². The molecule has 0 saturated carbocycles. The van der Waals surface area contributed by atoms with Crippen LogP contribution in [0.3, 0.4) is 0 Å². The molecule has 2 aromatic carbocycles. The van der Waals surface area contributed by atoms with Crippen molar-refractivity contribution in [2.75, 3.05) is 39.3 Å². The molecule has 2 N–H and O–H groups in total. The van der Waals surface area contributed by atoms with Crippen LogP contribution in [-0.2, 0) is 11.3 Å². The topological polar surface area (TPSA) is 78.1 Å². The molecule has 1 aliphatic rings. The quantitative estimate of drug-likeness (QED) is 0.694. The highest BCUT2D eigenvalue weighted by molar-refractivity contribution is 5.91. The van der Waals surface area contributed by atoms with Crippen LogP contribution in [0.2, 0.25) is 0 Å². The standard InChI is InChI=1S/C20H24N2O5/c1-24-16-5-3-14(11-18(16)25-2)13-21-8-7-20(23)22-15-4-6-17-19(12-15)27-10-9-26-17/h3-6,11-12,21H,7-10,13H2,1-2H3,(H,22,23). The van der Waals surface area contributed by atoms with Crippen LogP contribution in [0, 0.1) is 0 Å². The fraction of sp³-hybridized carbons (Fsp3) is 0.350. The second-order valence-electron chi connectivity index (χ2n) is 6.02. The van der Waals surface area contributed by atoms with Gasteiger partial charge in [0.2, 0.25) is 5.91 Å². The SMILES string of the molecule is COc1ccc(CNCCC(=O)Nc2ccc3c(c2)OCCO3)cc1OC. The van der Waals surface area contributed by atoms with Crippen molar-refractivity contribution in [3.05, 3.63) is 42.0 Å². The zero-order valence-electron chi connectivity index (χ0n) is 15.5. The van der Waals surface area contributed by atoms with Crippen molar-refractivity contribution in [2.45, 2.75) is 13.0 Å². The van der Waals surface area contributed by atoms with Gasteiger partial charge < -0.3 is 29.6 Å². The van der Waals surface area contributed by atoms with Gasteiger partial charge in [-0.05, 0) is 29.8 Å². The summed E-state index contributed by atoms with van der Waals surface area (Å²) < 4.78 is 21.5. The molecule has 0 aromatic heterocycles. The molecular formula is C20H24N2O5. The van der Waals surface area contributed by atoms with Crippen LogP contribution in [0.15, 0.2) is 36.4 Å². The zero-order valence-corrected chi connectivity index (χ0v) is 15.5. The van der Waals surface area contributed by atoms with Crippen LogP contribution in [0.1, 0.15) is 12.0 Å². The summed E-state index contributed by atoms with van der Waals surface area (Å²) in [5.41, 5.74) is 1.75. The number of anilines is 1. The minimum atomic E-state index is -0.0634. The highest BCUT2D eigenvalue weighted by atomic mass is 16.6. The van der Waals surface area contributed by atoms with Crippen molar-refractivity contribution in [3.63, 3.8) is 0 Å². The molecule has 0 spiro atoms. The molecule has 2 aromatic rings. The number of nitrogens with one attached hydrogen (secondary N) is 2. The summed E-state index contributed by atoms with van der Waals surface area (Å²) in [6.07, 6.45) is 0.363. The number of benzene rings is 2. The second kappa shape index (κ2) is 9.14. The second-order valence-corrected chi connectivity index (χ2v) is 6.02. The average molecular weight is 372 g/mol. The Kier molecular flexibility index (Phi) is 6.38. The van der Waals surface area contributed by atoms with Crippen LogP contribution >= 0.6 is 0 Å². The molecule has 0 saturated heterocycles. The highest BCUT2D eigenvalue weighted by Gasteiger charge is 2.12. The number of hydrogen-bond donors (Lipinski definition) is 2. The number of amides is 1. The monoisotopic (exact) mass is 372 g/mol. The third-order valence-corrected chi connectivity index (χ3v) is 4.13. The molecule has 0 fully saturated rings. The Bertz CT molecular complexity index is 794. The average Bonchev–Trinajstić information content (AvgIpc) is 2.71. The van der Waals surface area contributed by atoms with Gasteiger partial charge in [-0.15, -0.1) is 0 Å². The molecule has 7 heteroatoms. The number of carbonyl (C=O) groups is 1. The van der Waals surface area contributed by atoms with Gasteiger partial charge in [0.25, 0.3) is 0 Å². The Labute approximate surface area is 158 Å². The van der Waals surface area contributed by atoms with Crippen molar-refractivity contribution in [1.82, 2.24) is 5.32 Å². The minimum absolute atomic E-state index is 0.0634. The minimum Gasteiger partial charge on any atom is -0.493 e. The maximum atomic E-state index is 12.1. The van der Waals surface area contributed by atoms with Crippen molar-refractivity contribution >= 4 is 11.6 Å². The van der Waals surface area contributed by atoms with Gasteiger partial charge in [-0.25, -0.2) is 0 Å². The molecule has 0 aliphatic carbocycles. The molecule has 0 bridgehead atoms. The van der Waals surface area contributed by atoms with Crippen molar-refractivity contribution in [3.8, 4) is 23.0 Å². The lowest BCUT2D eigenvalue weighted by Crippen LogP contribution is -2.21. The number of rotatable bonds is 8. The molecule has 3 rings (SSSR count). The van der Waals surface area contributed by atoms with Gasteiger partial charge in [-0.2, -0.15) is 0 Å². The summed E-state index contributed by atoms with van der Waals surface area (Å²) in [6, 6.07) is 11.1. The van der Waals surface area contributed by atoms with Crippen molar-refractivity contribution < 1.29 is 23.7 Å². The first-order valence-corrected chi connectivity index (χ1v) is 8.80. The van der Waals surface area contributed by atoms with E-state index in [0.717, 1.165) is 5.56 Å². The number of methoxy groups -OCH3 is 2.